The first-order chi connectivity index (χ1) is 9.67. The van der Waals surface area contributed by atoms with Crippen molar-refractivity contribution in [1.29, 1.82) is 0 Å². The molecule has 21 heavy (non-hydrogen) atoms. The number of hydrogen-bond donors (Lipinski definition) is 1. The quantitative estimate of drug-likeness (QED) is 0.924. The molecule has 1 heterocycles. The maximum Gasteiger partial charge on any atom is 0.250 e. The van der Waals surface area contributed by atoms with Crippen LogP contribution in [0.25, 0.3) is 12.2 Å². The fourth-order valence-electron chi connectivity index (χ4n) is 2.51. The van der Waals surface area contributed by atoms with Crippen molar-refractivity contribution in [1.82, 2.24) is 10.1 Å². The van der Waals surface area contributed by atoms with Gasteiger partial charge in [-0.15, -0.1) is 12.4 Å². The third kappa shape index (κ3) is 3.46. The molecule has 2 N–H and O–H groups in total. The Morgan fingerprint density at radius 3 is 2.62 bits per heavy atom. The molecule has 0 amide bonds. The summed E-state index contributed by atoms with van der Waals surface area (Å²) in [4.78, 5) is 4.38. The second-order valence-electron chi connectivity index (χ2n) is 5.17. The number of aromatic nitrogens is 2. The van der Waals surface area contributed by atoms with Gasteiger partial charge < -0.3 is 10.3 Å². The standard InChI is InChI=1S/C15H16ClN3O.ClH/c16-12-6-2-1-5-11(12)7-8-13-18-14(19-20-13)15(17)9-3-4-10-15;/h1-2,5-8H,3-4,9-10,17H2;1H/b8-7+;. The first kappa shape index (κ1) is 16.0. The molecule has 0 unspecified atom stereocenters. The van der Waals surface area contributed by atoms with E-state index in [-0.39, 0.29) is 12.4 Å². The monoisotopic (exact) mass is 325 g/mol. The number of rotatable bonds is 3. The molecule has 0 atom stereocenters. The summed E-state index contributed by atoms with van der Waals surface area (Å²) in [5.41, 5.74) is 6.79. The first-order valence-electron chi connectivity index (χ1n) is 6.73. The van der Waals surface area contributed by atoms with E-state index in [1.54, 1.807) is 6.08 Å². The lowest BCUT2D eigenvalue weighted by Crippen LogP contribution is -2.34. The van der Waals surface area contributed by atoms with Crippen LogP contribution in [0.2, 0.25) is 5.02 Å². The lowest BCUT2D eigenvalue weighted by Gasteiger charge is -2.17. The Morgan fingerprint density at radius 2 is 1.90 bits per heavy atom. The number of benzene rings is 1. The second kappa shape index (κ2) is 6.60. The lowest BCUT2D eigenvalue weighted by molar-refractivity contribution is 0.364. The predicted molar refractivity (Wildman–Crippen MR) is 86.3 cm³/mol. The van der Waals surface area contributed by atoms with Gasteiger partial charge in [-0.2, -0.15) is 4.98 Å². The van der Waals surface area contributed by atoms with Crippen LogP contribution in [0.15, 0.2) is 28.8 Å². The van der Waals surface area contributed by atoms with Crippen molar-refractivity contribution in [2.24, 2.45) is 5.73 Å². The van der Waals surface area contributed by atoms with Crippen LogP contribution in [0, 0.1) is 0 Å². The fraction of sp³-hybridized carbons (Fsp3) is 0.333. The van der Waals surface area contributed by atoms with Crippen LogP contribution < -0.4 is 5.73 Å². The summed E-state index contributed by atoms with van der Waals surface area (Å²) in [7, 11) is 0. The normalized spacial score (nSPS) is 17.0. The summed E-state index contributed by atoms with van der Waals surface area (Å²) in [5, 5.41) is 4.70. The van der Waals surface area contributed by atoms with E-state index in [4.69, 9.17) is 21.9 Å². The van der Waals surface area contributed by atoms with Crippen LogP contribution in [-0.4, -0.2) is 10.1 Å². The van der Waals surface area contributed by atoms with Gasteiger partial charge in [-0.05, 0) is 30.5 Å². The summed E-state index contributed by atoms with van der Waals surface area (Å²) in [6.45, 7) is 0. The molecule has 1 aromatic carbocycles. The highest BCUT2D eigenvalue weighted by molar-refractivity contribution is 6.32. The summed E-state index contributed by atoms with van der Waals surface area (Å²) in [5.74, 6) is 1.06. The third-order valence-corrected chi connectivity index (χ3v) is 4.04. The molecule has 3 rings (SSSR count). The van der Waals surface area contributed by atoms with E-state index in [1.165, 1.54) is 0 Å². The van der Waals surface area contributed by atoms with Gasteiger partial charge in [0.2, 0.25) is 0 Å². The average Bonchev–Trinajstić information content (AvgIpc) is 3.08. The van der Waals surface area contributed by atoms with E-state index < -0.39 is 5.54 Å². The van der Waals surface area contributed by atoms with Gasteiger partial charge in [-0.3, -0.25) is 0 Å². The highest BCUT2D eigenvalue weighted by atomic mass is 35.5. The largest absolute Gasteiger partial charge is 0.335 e. The smallest absolute Gasteiger partial charge is 0.250 e. The van der Waals surface area contributed by atoms with Gasteiger partial charge >= 0.3 is 0 Å². The Kier molecular flexibility index (Phi) is 5.04. The van der Waals surface area contributed by atoms with E-state index in [0.717, 1.165) is 31.2 Å². The molecular formula is C15H17Cl2N3O. The molecule has 112 valence electrons. The SMILES string of the molecule is Cl.NC1(c2noc(/C=C/c3ccccc3Cl)n2)CCCC1. The average molecular weight is 326 g/mol. The maximum absolute atomic E-state index is 6.29. The van der Waals surface area contributed by atoms with Gasteiger partial charge in [0.25, 0.3) is 5.89 Å². The van der Waals surface area contributed by atoms with Crippen molar-refractivity contribution in [3.05, 3.63) is 46.6 Å². The van der Waals surface area contributed by atoms with Crippen LogP contribution >= 0.6 is 24.0 Å². The number of nitrogens with zero attached hydrogens (tertiary/aromatic N) is 2. The van der Waals surface area contributed by atoms with Crippen molar-refractivity contribution in [2.45, 2.75) is 31.2 Å². The van der Waals surface area contributed by atoms with Gasteiger partial charge in [-0.1, -0.05) is 47.8 Å². The van der Waals surface area contributed by atoms with Crippen molar-refractivity contribution < 1.29 is 4.52 Å². The summed E-state index contributed by atoms with van der Waals surface area (Å²) in [6, 6.07) is 7.59. The van der Waals surface area contributed by atoms with Crippen molar-refractivity contribution in [3.8, 4) is 0 Å². The van der Waals surface area contributed by atoms with Crippen molar-refractivity contribution in [2.75, 3.05) is 0 Å². The Labute approximate surface area is 134 Å². The topological polar surface area (TPSA) is 64.9 Å². The van der Waals surface area contributed by atoms with Crippen LogP contribution in [0.4, 0.5) is 0 Å². The van der Waals surface area contributed by atoms with Gasteiger partial charge in [0.05, 0.1) is 5.54 Å². The van der Waals surface area contributed by atoms with Crippen LogP contribution in [0.5, 0.6) is 0 Å². The van der Waals surface area contributed by atoms with Gasteiger partial charge in [0, 0.05) is 11.1 Å². The molecule has 6 heteroatoms. The molecule has 0 radical (unpaired) electrons. The zero-order valence-electron chi connectivity index (χ0n) is 11.5. The van der Waals surface area contributed by atoms with Crippen molar-refractivity contribution in [3.63, 3.8) is 0 Å². The van der Waals surface area contributed by atoms with Gasteiger partial charge in [0.15, 0.2) is 5.82 Å². The van der Waals surface area contributed by atoms with Crippen molar-refractivity contribution >= 4 is 36.2 Å². The molecule has 0 saturated heterocycles. The third-order valence-electron chi connectivity index (χ3n) is 3.69. The molecule has 1 aliphatic carbocycles. The molecule has 1 saturated carbocycles. The molecule has 1 fully saturated rings. The highest BCUT2D eigenvalue weighted by Gasteiger charge is 2.35. The zero-order chi connectivity index (χ0) is 14.0. The van der Waals surface area contributed by atoms with E-state index in [1.807, 2.05) is 30.3 Å². The minimum absolute atomic E-state index is 0. The molecule has 0 bridgehead atoms. The molecule has 4 nitrogen and oxygen atoms in total. The van der Waals surface area contributed by atoms with Crippen LogP contribution in [0.1, 0.15) is 43.0 Å². The van der Waals surface area contributed by atoms with Crippen LogP contribution in [-0.2, 0) is 5.54 Å². The van der Waals surface area contributed by atoms with Gasteiger partial charge in [-0.25, -0.2) is 0 Å². The van der Waals surface area contributed by atoms with E-state index >= 15 is 0 Å². The molecule has 0 aliphatic heterocycles. The molecular weight excluding hydrogens is 309 g/mol. The minimum Gasteiger partial charge on any atom is -0.335 e. The zero-order valence-corrected chi connectivity index (χ0v) is 13.0. The Bertz CT molecular complexity index is 633. The summed E-state index contributed by atoms with van der Waals surface area (Å²) >= 11 is 6.08. The molecule has 0 spiro atoms. The predicted octanol–water partition coefficient (Wildman–Crippen LogP) is 4.04. The Hall–Kier alpha value is -1.36. The Balaban J connectivity index is 0.00000161. The Morgan fingerprint density at radius 1 is 1.19 bits per heavy atom. The molecule has 2 aromatic rings. The minimum atomic E-state index is -0.417. The number of hydrogen-bond acceptors (Lipinski definition) is 4. The maximum atomic E-state index is 6.29. The summed E-state index contributed by atoms with van der Waals surface area (Å²) < 4.78 is 5.23. The van der Waals surface area contributed by atoms with Gasteiger partial charge in [0.1, 0.15) is 0 Å². The number of halogens is 2. The first-order valence-corrected chi connectivity index (χ1v) is 7.11. The van der Waals surface area contributed by atoms with E-state index in [9.17, 15) is 0 Å². The second-order valence-corrected chi connectivity index (χ2v) is 5.58. The molecule has 1 aliphatic rings. The lowest BCUT2D eigenvalue weighted by atomic mass is 9.99. The number of nitrogens with two attached hydrogens (primary N) is 1. The van der Waals surface area contributed by atoms with Crippen LogP contribution in [0.3, 0.4) is 0 Å². The molecule has 1 aromatic heterocycles. The summed E-state index contributed by atoms with van der Waals surface area (Å²) in [6.07, 6.45) is 7.69. The fourth-order valence-corrected chi connectivity index (χ4v) is 2.70. The highest BCUT2D eigenvalue weighted by Crippen LogP contribution is 2.34. The van der Waals surface area contributed by atoms with E-state index in [0.29, 0.717) is 16.7 Å². The van der Waals surface area contributed by atoms with E-state index in [2.05, 4.69) is 10.1 Å².